The predicted octanol–water partition coefficient (Wildman–Crippen LogP) is 4.61. The van der Waals surface area contributed by atoms with E-state index in [1.54, 1.807) is 16.8 Å². The summed E-state index contributed by atoms with van der Waals surface area (Å²) in [6.07, 6.45) is 0. The van der Waals surface area contributed by atoms with E-state index in [0.717, 1.165) is 11.4 Å². The maximum Gasteiger partial charge on any atom is 0.148 e. The highest BCUT2D eigenvalue weighted by atomic mass is 19.1. The van der Waals surface area contributed by atoms with E-state index in [1.165, 1.54) is 6.07 Å². The minimum absolute atomic E-state index is 0.0590. The van der Waals surface area contributed by atoms with Crippen LogP contribution in [-0.4, -0.2) is 9.78 Å². The standard InChI is InChI=1S/C17H23FN2/c1-16(2,3)14-11-15(17(4,5)6)20(19-14)13-10-8-7-9-12(13)18/h7-11H,1-6H3. The Morgan fingerprint density at radius 2 is 1.55 bits per heavy atom. The maximum absolute atomic E-state index is 14.1. The van der Waals surface area contributed by atoms with E-state index < -0.39 is 0 Å². The minimum atomic E-state index is -0.249. The van der Waals surface area contributed by atoms with Gasteiger partial charge >= 0.3 is 0 Å². The summed E-state index contributed by atoms with van der Waals surface area (Å²) < 4.78 is 15.8. The Bertz CT molecular complexity index is 613. The number of hydrogen-bond acceptors (Lipinski definition) is 1. The third-order valence-electron chi connectivity index (χ3n) is 3.33. The van der Waals surface area contributed by atoms with Crippen molar-refractivity contribution in [2.24, 2.45) is 0 Å². The van der Waals surface area contributed by atoms with Gasteiger partial charge in [0.25, 0.3) is 0 Å². The smallest absolute Gasteiger partial charge is 0.148 e. The first kappa shape index (κ1) is 14.8. The molecular formula is C17H23FN2. The Kier molecular flexibility index (Phi) is 3.49. The van der Waals surface area contributed by atoms with Crippen LogP contribution < -0.4 is 0 Å². The Morgan fingerprint density at radius 1 is 0.950 bits per heavy atom. The second kappa shape index (κ2) is 4.72. The molecule has 0 aliphatic carbocycles. The Morgan fingerprint density at radius 3 is 2.05 bits per heavy atom. The molecule has 0 radical (unpaired) electrons. The quantitative estimate of drug-likeness (QED) is 0.742. The van der Waals surface area contributed by atoms with Crippen molar-refractivity contribution >= 4 is 0 Å². The first-order valence-electron chi connectivity index (χ1n) is 6.96. The van der Waals surface area contributed by atoms with Crippen LogP contribution in [-0.2, 0) is 10.8 Å². The van der Waals surface area contributed by atoms with Gasteiger partial charge < -0.3 is 0 Å². The van der Waals surface area contributed by atoms with Gasteiger partial charge in [-0.1, -0.05) is 53.7 Å². The number of benzene rings is 1. The Balaban J connectivity index is 2.69. The molecule has 0 atom stereocenters. The van der Waals surface area contributed by atoms with E-state index in [9.17, 15) is 4.39 Å². The van der Waals surface area contributed by atoms with Crippen molar-refractivity contribution in [3.05, 3.63) is 47.5 Å². The average molecular weight is 274 g/mol. The van der Waals surface area contributed by atoms with Crippen LogP contribution in [0.25, 0.3) is 5.69 Å². The molecule has 0 spiro atoms. The third-order valence-corrected chi connectivity index (χ3v) is 3.33. The molecule has 0 fully saturated rings. The normalized spacial score (nSPS) is 12.8. The molecule has 1 aromatic carbocycles. The molecule has 1 heterocycles. The fraction of sp³-hybridized carbons (Fsp3) is 0.471. The predicted molar refractivity (Wildman–Crippen MR) is 80.9 cm³/mol. The van der Waals surface area contributed by atoms with Gasteiger partial charge in [0.05, 0.1) is 5.69 Å². The summed E-state index contributed by atoms with van der Waals surface area (Å²) in [6, 6.07) is 8.86. The van der Waals surface area contributed by atoms with Gasteiger partial charge in [-0.05, 0) is 18.2 Å². The second-order valence-electron chi connectivity index (χ2n) is 7.28. The van der Waals surface area contributed by atoms with Crippen LogP contribution in [0.2, 0.25) is 0 Å². The van der Waals surface area contributed by atoms with Crippen molar-refractivity contribution in [3.8, 4) is 5.69 Å². The molecule has 0 aliphatic rings. The van der Waals surface area contributed by atoms with Gasteiger partial charge in [-0.15, -0.1) is 0 Å². The van der Waals surface area contributed by atoms with E-state index in [1.807, 2.05) is 6.07 Å². The van der Waals surface area contributed by atoms with Crippen LogP contribution in [0.5, 0.6) is 0 Å². The van der Waals surface area contributed by atoms with Gasteiger partial charge in [0.15, 0.2) is 0 Å². The molecule has 0 saturated carbocycles. The lowest BCUT2D eigenvalue weighted by Crippen LogP contribution is -2.18. The third kappa shape index (κ3) is 2.77. The zero-order valence-electron chi connectivity index (χ0n) is 13.2. The molecule has 0 amide bonds. The molecule has 2 rings (SSSR count). The summed E-state index contributed by atoms with van der Waals surface area (Å²) in [5.74, 6) is -0.249. The lowest BCUT2D eigenvalue weighted by Gasteiger charge is -2.20. The van der Waals surface area contributed by atoms with Crippen molar-refractivity contribution < 1.29 is 4.39 Å². The van der Waals surface area contributed by atoms with Crippen molar-refractivity contribution in [3.63, 3.8) is 0 Å². The van der Waals surface area contributed by atoms with Crippen LogP contribution in [0.4, 0.5) is 4.39 Å². The lowest BCUT2D eigenvalue weighted by atomic mass is 9.88. The number of para-hydroxylation sites is 1. The molecule has 0 N–H and O–H groups in total. The highest BCUT2D eigenvalue weighted by Gasteiger charge is 2.27. The summed E-state index contributed by atoms with van der Waals surface area (Å²) in [7, 11) is 0. The molecule has 0 aliphatic heterocycles. The molecule has 2 aromatic rings. The van der Waals surface area contributed by atoms with Gasteiger partial charge in [0, 0.05) is 16.5 Å². The van der Waals surface area contributed by atoms with Gasteiger partial charge in [0.2, 0.25) is 0 Å². The summed E-state index contributed by atoms with van der Waals surface area (Å²) in [5, 5.41) is 4.66. The van der Waals surface area contributed by atoms with E-state index in [2.05, 4.69) is 52.7 Å². The van der Waals surface area contributed by atoms with Gasteiger partial charge in [-0.3, -0.25) is 0 Å². The molecule has 0 saturated heterocycles. The first-order valence-corrected chi connectivity index (χ1v) is 6.96. The molecule has 20 heavy (non-hydrogen) atoms. The summed E-state index contributed by atoms with van der Waals surface area (Å²) >= 11 is 0. The van der Waals surface area contributed by atoms with Crippen LogP contribution in [0.1, 0.15) is 52.9 Å². The molecule has 108 valence electrons. The van der Waals surface area contributed by atoms with Crippen molar-refractivity contribution in [2.75, 3.05) is 0 Å². The topological polar surface area (TPSA) is 17.8 Å². The number of halogens is 1. The Hall–Kier alpha value is -1.64. The lowest BCUT2D eigenvalue weighted by molar-refractivity contribution is 0.525. The van der Waals surface area contributed by atoms with Crippen LogP contribution >= 0.6 is 0 Å². The fourth-order valence-corrected chi connectivity index (χ4v) is 2.09. The fourth-order valence-electron chi connectivity index (χ4n) is 2.09. The van der Waals surface area contributed by atoms with Crippen molar-refractivity contribution in [1.82, 2.24) is 9.78 Å². The minimum Gasteiger partial charge on any atom is -0.234 e. The summed E-state index contributed by atoms with van der Waals surface area (Å²) in [4.78, 5) is 0. The average Bonchev–Trinajstić information content (AvgIpc) is 2.73. The van der Waals surface area contributed by atoms with Crippen LogP contribution in [0.3, 0.4) is 0 Å². The number of rotatable bonds is 1. The number of aromatic nitrogens is 2. The van der Waals surface area contributed by atoms with E-state index in [-0.39, 0.29) is 16.6 Å². The molecule has 0 bridgehead atoms. The van der Waals surface area contributed by atoms with Gasteiger partial charge in [-0.25, -0.2) is 9.07 Å². The molecular weight excluding hydrogens is 251 g/mol. The first-order chi connectivity index (χ1) is 9.10. The zero-order valence-corrected chi connectivity index (χ0v) is 13.2. The van der Waals surface area contributed by atoms with Gasteiger partial charge in [-0.2, -0.15) is 5.10 Å². The SMILES string of the molecule is CC(C)(C)c1cc(C(C)(C)C)n(-c2ccccc2F)n1. The number of hydrogen-bond donors (Lipinski definition) is 0. The summed E-state index contributed by atoms with van der Waals surface area (Å²) in [6.45, 7) is 12.7. The molecule has 3 heteroatoms. The Labute approximate surface area is 120 Å². The zero-order chi connectivity index (χ0) is 15.1. The van der Waals surface area contributed by atoms with Crippen molar-refractivity contribution in [1.29, 1.82) is 0 Å². The van der Waals surface area contributed by atoms with E-state index in [4.69, 9.17) is 0 Å². The second-order valence-corrected chi connectivity index (χ2v) is 7.28. The van der Waals surface area contributed by atoms with Gasteiger partial charge in [0.1, 0.15) is 11.5 Å². The van der Waals surface area contributed by atoms with Crippen LogP contribution in [0, 0.1) is 5.82 Å². The molecule has 2 nitrogen and oxygen atoms in total. The maximum atomic E-state index is 14.1. The van der Waals surface area contributed by atoms with E-state index >= 15 is 0 Å². The highest BCUT2D eigenvalue weighted by Crippen LogP contribution is 2.30. The number of nitrogens with zero attached hydrogens (tertiary/aromatic N) is 2. The van der Waals surface area contributed by atoms with Crippen molar-refractivity contribution in [2.45, 2.75) is 52.4 Å². The van der Waals surface area contributed by atoms with Crippen LogP contribution in [0.15, 0.2) is 30.3 Å². The monoisotopic (exact) mass is 274 g/mol. The highest BCUT2D eigenvalue weighted by molar-refractivity contribution is 5.37. The molecule has 1 aromatic heterocycles. The molecule has 0 unspecified atom stereocenters. The largest absolute Gasteiger partial charge is 0.234 e. The van der Waals surface area contributed by atoms with E-state index in [0.29, 0.717) is 5.69 Å². The summed E-state index contributed by atoms with van der Waals surface area (Å²) in [5.41, 5.74) is 2.35.